The monoisotopic (exact) mass is 504 g/mol. The molecule has 0 saturated carbocycles. The largest absolute Gasteiger partial charge is 0.356 e. The third-order valence-corrected chi connectivity index (χ3v) is 8.52. The van der Waals surface area contributed by atoms with Crippen LogP contribution in [0.3, 0.4) is 0 Å². The summed E-state index contributed by atoms with van der Waals surface area (Å²) in [6.45, 7) is 12.3. The zero-order chi connectivity index (χ0) is 25.8. The number of hydrogen-bond acceptors (Lipinski definition) is 6. The summed E-state index contributed by atoms with van der Waals surface area (Å²) in [5.74, 6) is 2.02. The summed E-state index contributed by atoms with van der Waals surface area (Å²) in [5, 5.41) is 3.66. The number of nitrogens with zero attached hydrogens (tertiary/aromatic N) is 5. The first-order valence-electron chi connectivity index (χ1n) is 14.4. The maximum atomic E-state index is 13.3. The van der Waals surface area contributed by atoms with Crippen LogP contribution in [0.2, 0.25) is 0 Å². The number of piperidine rings is 2. The molecule has 1 aromatic carbocycles. The van der Waals surface area contributed by atoms with Crippen molar-refractivity contribution in [1.82, 2.24) is 19.8 Å². The number of aryl methyl sites for hydroxylation is 3. The second-order valence-corrected chi connectivity index (χ2v) is 11.4. The second kappa shape index (κ2) is 11.8. The van der Waals surface area contributed by atoms with E-state index in [9.17, 15) is 4.79 Å². The number of rotatable bonds is 5. The molecule has 37 heavy (non-hydrogen) atoms. The molecule has 3 aliphatic rings. The van der Waals surface area contributed by atoms with E-state index in [1.54, 1.807) is 0 Å². The molecule has 200 valence electrons. The van der Waals surface area contributed by atoms with Crippen LogP contribution in [-0.2, 0) is 0 Å². The molecular formula is C30H44N6O. The predicted octanol–water partition coefficient (Wildman–Crippen LogP) is 4.96. The topological polar surface area (TPSA) is 64.6 Å². The van der Waals surface area contributed by atoms with Crippen molar-refractivity contribution >= 4 is 17.7 Å². The van der Waals surface area contributed by atoms with Gasteiger partial charge in [0.05, 0.1) is 0 Å². The lowest BCUT2D eigenvalue weighted by molar-refractivity contribution is 0.0578. The van der Waals surface area contributed by atoms with Gasteiger partial charge in [-0.2, -0.15) is 4.98 Å². The van der Waals surface area contributed by atoms with Crippen molar-refractivity contribution < 1.29 is 4.79 Å². The summed E-state index contributed by atoms with van der Waals surface area (Å²) in [5.41, 5.74) is 4.31. The van der Waals surface area contributed by atoms with Crippen molar-refractivity contribution in [2.24, 2.45) is 0 Å². The SMILES string of the molecule is Cc1cc(C)c(C(=O)N2CCC(N3CCCC(Nc4nccc(N5CCCCCC5)n4)C3)CC2)c(C)c1. The van der Waals surface area contributed by atoms with Gasteiger partial charge in [-0.25, -0.2) is 4.98 Å². The number of hydrogen-bond donors (Lipinski definition) is 1. The summed E-state index contributed by atoms with van der Waals surface area (Å²) in [4.78, 5) is 29.9. The molecule has 1 aromatic heterocycles. The van der Waals surface area contributed by atoms with E-state index in [0.29, 0.717) is 12.1 Å². The molecular weight excluding hydrogens is 460 g/mol. The smallest absolute Gasteiger partial charge is 0.254 e. The number of nitrogens with one attached hydrogen (secondary N) is 1. The minimum atomic E-state index is 0.202. The molecule has 4 heterocycles. The van der Waals surface area contributed by atoms with Gasteiger partial charge in [0, 0.05) is 56.6 Å². The summed E-state index contributed by atoms with van der Waals surface area (Å²) >= 11 is 0. The van der Waals surface area contributed by atoms with E-state index >= 15 is 0 Å². The van der Waals surface area contributed by atoms with Crippen LogP contribution in [-0.4, -0.2) is 77.0 Å². The van der Waals surface area contributed by atoms with Crippen LogP contribution in [0.4, 0.5) is 11.8 Å². The molecule has 3 saturated heterocycles. The van der Waals surface area contributed by atoms with E-state index in [0.717, 1.165) is 87.0 Å². The summed E-state index contributed by atoms with van der Waals surface area (Å²) in [7, 11) is 0. The Bertz CT molecular complexity index is 1050. The highest BCUT2D eigenvalue weighted by molar-refractivity contribution is 5.97. The quantitative estimate of drug-likeness (QED) is 0.621. The Kier molecular flexibility index (Phi) is 8.28. The molecule has 2 aromatic rings. The summed E-state index contributed by atoms with van der Waals surface area (Å²) in [6, 6.07) is 7.21. The minimum absolute atomic E-state index is 0.202. The molecule has 1 atom stereocenters. The first-order valence-corrected chi connectivity index (χ1v) is 14.4. The first kappa shape index (κ1) is 26.0. The van der Waals surface area contributed by atoms with E-state index in [1.165, 1.54) is 37.7 Å². The highest BCUT2D eigenvalue weighted by Crippen LogP contribution is 2.26. The molecule has 0 spiro atoms. The van der Waals surface area contributed by atoms with Crippen molar-refractivity contribution in [3.63, 3.8) is 0 Å². The highest BCUT2D eigenvalue weighted by atomic mass is 16.2. The Hall–Kier alpha value is -2.67. The Balaban J connectivity index is 1.15. The van der Waals surface area contributed by atoms with Crippen molar-refractivity contribution in [3.05, 3.63) is 46.6 Å². The third-order valence-electron chi connectivity index (χ3n) is 8.52. The lowest BCUT2D eigenvalue weighted by Gasteiger charge is -2.42. The van der Waals surface area contributed by atoms with Gasteiger partial charge in [0.25, 0.3) is 5.91 Å². The van der Waals surface area contributed by atoms with E-state index in [-0.39, 0.29) is 5.91 Å². The van der Waals surface area contributed by atoms with Crippen LogP contribution >= 0.6 is 0 Å². The average Bonchev–Trinajstić information content (AvgIpc) is 3.18. The van der Waals surface area contributed by atoms with Crippen LogP contribution < -0.4 is 10.2 Å². The van der Waals surface area contributed by atoms with E-state index in [1.807, 2.05) is 6.20 Å². The Morgan fingerprint density at radius 3 is 2.30 bits per heavy atom. The van der Waals surface area contributed by atoms with Crippen molar-refractivity contribution in [2.75, 3.05) is 49.5 Å². The normalized spacial score (nSPS) is 22.1. The standard InChI is InChI=1S/C30H44N6O/c1-22-19-23(2)28(24(3)20-22)29(37)35-17-11-26(12-18-35)36-16-8-9-25(21-36)32-30-31-13-10-27(33-30)34-14-6-4-5-7-15-34/h10,13,19-20,25-26H,4-9,11-12,14-18,21H2,1-3H3,(H,31,32,33). The van der Waals surface area contributed by atoms with Crippen LogP contribution in [0.5, 0.6) is 0 Å². The second-order valence-electron chi connectivity index (χ2n) is 11.4. The molecule has 7 nitrogen and oxygen atoms in total. The Labute approximate surface area is 222 Å². The number of aromatic nitrogens is 2. The molecule has 5 rings (SSSR count). The van der Waals surface area contributed by atoms with Crippen LogP contribution in [0.1, 0.15) is 78.4 Å². The fourth-order valence-electron chi connectivity index (χ4n) is 6.64. The van der Waals surface area contributed by atoms with Crippen LogP contribution in [0.15, 0.2) is 24.4 Å². The number of carbonyl (C=O) groups is 1. The number of anilines is 2. The van der Waals surface area contributed by atoms with E-state index < -0.39 is 0 Å². The highest BCUT2D eigenvalue weighted by Gasteiger charge is 2.31. The average molecular weight is 505 g/mol. The maximum Gasteiger partial charge on any atom is 0.254 e. The number of amides is 1. The summed E-state index contributed by atoms with van der Waals surface area (Å²) < 4.78 is 0. The molecule has 1 amide bonds. The van der Waals surface area contributed by atoms with Crippen molar-refractivity contribution in [3.8, 4) is 0 Å². The zero-order valence-electron chi connectivity index (χ0n) is 23.0. The van der Waals surface area contributed by atoms with Gasteiger partial charge in [-0.05, 0) is 83.0 Å². The van der Waals surface area contributed by atoms with Crippen molar-refractivity contribution in [1.29, 1.82) is 0 Å². The lowest BCUT2D eigenvalue weighted by Crippen LogP contribution is -2.52. The van der Waals surface area contributed by atoms with Gasteiger partial charge < -0.3 is 15.1 Å². The molecule has 0 aliphatic carbocycles. The van der Waals surface area contributed by atoms with Gasteiger partial charge in [-0.1, -0.05) is 30.5 Å². The molecule has 0 radical (unpaired) electrons. The molecule has 1 N–H and O–H groups in total. The molecule has 3 fully saturated rings. The molecule has 0 bridgehead atoms. The van der Waals surface area contributed by atoms with Crippen molar-refractivity contribution in [2.45, 2.75) is 84.2 Å². The number of benzene rings is 1. The number of carbonyl (C=O) groups excluding carboxylic acids is 1. The first-order chi connectivity index (χ1) is 18.0. The van der Waals surface area contributed by atoms with E-state index in [2.05, 4.69) is 64.0 Å². The van der Waals surface area contributed by atoms with Gasteiger partial charge in [0.1, 0.15) is 5.82 Å². The molecule has 3 aliphatic heterocycles. The Morgan fingerprint density at radius 2 is 1.59 bits per heavy atom. The zero-order valence-corrected chi connectivity index (χ0v) is 23.0. The van der Waals surface area contributed by atoms with Gasteiger partial charge in [-0.15, -0.1) is 0 Å². The predicted molar refractivity (Wildman–Crippen MR) is 151 cm³/mol. The summed E-state index contributed by atoms with van der Waals surface area (Å²) in [6.07, 6.45) is 11.5. The Morgan fingerprint density at radius 1 is 0.892 bits per heavy atom. The number of likely N-dealkylation sites (tertiary alicyclic amines) is 2. The van der Waals surface area contributed by atoms with Crippen LogP contribution in [0.25, 0.3) is 0 Å². The fraction of sp³-hybridized carbons (Fsp3) is 0.633. The minimum Gasteiger partial charge on any atom is -0.356 e. The molecule has 7 heteroatoms. The van der Waals surface area contributed by atoms with Gasteiger partial charge in [0.15, 0.2) is 0 Å². The third kappa shape index (κ3) is 6.25. The lowest BCUT2D eigenvalue weighted by atomic mass is 9.95. The molecule has 1 unspecified atom stereocenters. The van der Waals surface area contributed by atoms with Crippen LogP contribution in [0, 0.1) is 20.8 Å². The van der Waals surface area contributed by atoms with Gasteiger partial charge in [-0.3, -0.25) is 9.69 Å². The maximum absolute atomic E-state index is 13.3. The van der Waals surface area contributed by atoms with Gasteiger partial charge >= 0.3 is 0 Å². The fourth-order valence-corrected chi connectivity index (χ4v) is 6.64. The van der Waals surface area contributed by atoms with Gasteiger partial charge in [0.2, 0.25) is 5.95 Å². The van der Waals surface area contributed by atoms with E-state index in [4.69, 9.17) is 4.98 Å².